The zero-order chi connectivity index (χ0) is 17.1. The Bertz CT molecular complexity index is 459. The minimum atomic E-state index is -0.543. The van der Waals surface area contributed by atoms with Gasteiger partial charge in [-0.2, -0.15) is 4.33 Å². The molecule has 0 aromatic rings. The van der Waals surface area contributed by atoms with E-state index in [1.165, 1.54) is 38.2 Å². The number of hydrogen-bond acceptors (Lipinski definition) is 6. The molecule has 1 fully saturated rings. The Labute approximate surface area is 150 Å². The Hall–Kier alpha value is -0.500. The number of allylic oxidation sites excluding steroid dienone is 1. The molecule has 0 N–H and O–H groups in total. The van der Waals surface area contributed by atoms with Crippen molar-refractivity contribution in [2.45, 2.75) is 38.5 Å². The van der Waals surface area contributed by atoms with Gasteiger partial charge in [-0.25, -0.2) is 4.79 Å². The topological polar surface area (TPSA) is 67.8 Å². The van der Waals surface area contributed by atoms with Gasteiger partial charge in [0.15, 0.2) is 0 Å². The number of esters is 1. The molecule has 0 radical (unpaired) electrons. The van der Waals surface area contributed by atoms with Crippen molar-refractivity contribution in [2.75, 3.05) is 6.61 Å². The van der Waals surface area contributed by atoms with E-state index < -0.39 is 5.97 Å². The van der Waals surface area contributed by atoms with Gasteiger partial charge in [0.2, 0.25) is 0 Å². The van der Waals surface area contributed by atoms with Gasteiger partial charge in [-0.15, -0.1) is 0 Å². The van der Waals surface area contributed by atoms with Crippen molar-refractivity contribution in [3.05, 3.63) is 33.7 Å². The van der Waals surface area contributed by atoms with Crippen LogP contribution in [0, 0.1) is 5.92 Å². The molecule has 0 unspecified atom stereocenters. The third-order valence-corrected chi connectivity index (χ3v) is 4.95. The molecule has 0 spiro atoms. The molecule has 1 saturated carbocycles. The van der Waals surface area contributed by atoms with E-state index in [2.05, 4.69) is 16.0 Å². The molecule has 0 amide bonds. The lowest BCUT2D eigenvalue weighted by molar-refractivity contribution is -0.777. The monoisotopic (exact) mass is 381 g/mol. The zero-order valence-electron chi connectivity index (χ0n) is 12.6. The SMILES string of the molecule is C=C(/C=C(Cl)\C(=C\Cl)SOO[O-])C(=O)OCCC1CCCCC1. The lowest BCUT2D eigenvalue weighted by Crippen LogP contribution is -2.13. The maximum Gasteiger partial charge on any atom is 0.337 e. The van der Waals surface area contributed by atoms with E-state index in [0.29, 0.717) is 24.6 Å². The van der Waals surface area contributed by atoms with Crippen molar-refractivity contribution >= 4 is 41.2 Å². The molecule has 1 aliphatic rings. The summed E-state index contributed by atoms with van der Waals surface area (Å²) in [5.74, 6) is 0.0919. The number of carbonyl (C=O) groups excluding carboxylic acids is 1. The summed E-state index contributed by atoms with van der Waals surface area (Å²) < 4.78 is 9.31. The van der Waals surface area contributed by atoms with Gasteiger partial charge in [-0.05, 0) is 18.4 Å². The average Bonchev–Trinajstić information content (AvgIpc) is 2.56. The van der Waals surface area contributed by atoms with E-state index in [1.807, 2.05) is 0 Å². The van der Waals surface area contributed by atoms with Crippen LogP contribution >= 0.6 is 35.2 Å². The summed E-state index contributed by atoms with van der Waals surface area (Å²) in [4.78, 5) is 12.0. The summed E-state index contributed by atoms with van der Waals surface area (Å²) in [6.07, 6.45) is 8.37. The van der Waals surface area contributed by atoms with Gasteiger partial charge in [0.25, 0.3) is 0 Å². The Morgan fingerprint density at radius 3 is 2.65 bits per heavy atom. The molecule has 0 saturated heterocycles. The van der Waals surface area contributed by atoms with E-state index in [4.69, 9.17) is 27.9 Å². The molecule has 130 valence electrons. The molecule has 0 bridgehead atoms. The molecular weight excluding hydrogens is 363 g/mol. The Morgan fingerprint density at radius 1 is 1.35 bits per heavy atom. The summed E-state index contributed by atoms with van der Waals surface area (Å²) in [6, 6.07) is 0. The summed E-state index contributed by atoms with van der Waals surface area (Å²) in [7, 11) is 0. The van der Waals surface area contributed by atoms with Crippen LogP contribution in [-0.2, 0) is 18.9 Å². The highest BCUT2D eigenvalue weighted by Crippen LogP contribution is 2.29. The number of rotatable bonds is 9. The van der Waals surface area contributed by atoms with Crippen LogP contribution in [0.3, 0.4) is 0 Å². The van der Waals surface area contributed by atoms with E-state index in [0.717, 1.165) is 12.0 Å². The molecule has 5 nitrogen and oxygen atoms in total. The fourth-order valence-electron chi connectivity index (χ4n) is 2.33. The molecular formula is C15H19Cl2O5S-. The Balaban J connectivity index is 2.39. The molecule has 0 heterocycles. The van der Waals surface area contributed by atoms with Crippen molar-refractivity contribution in [2.24, 2.45) is 5.92 Å². The minimum Gasteiger partial charge on any atom is -0.691 e. The van der Waals surface area contributed by atoms with Crippen molar-refractivity contribution < 1.29 is 24.2 Å². The maximum absolute atomic E-state index is 11.9. The molecule has 1 rings (SSSR count). The average molecular weight is 382 g/mol. The van der Waals surface area contributed by atoms with Crippen LogP contribution in [0.4, 0.5) is 0 Å². The van der Waals surface area contributed by atoms with Gasteiger partial charge in [0.1, 0.15) is 0 Å². The van der Waals surface area contributed by atoms with Gasteiger partial charge < -0.3 is 9.99 Å². The second-order valence-corrected chi connectivity index (χ2v) is 6.51. The van der Waals surface area contributed by atoms with E-state index in [-0.39, 0.29) is 15.5 Å². The molecule has 1 aliphatic carbocycles. The third-order valence-electron chi connectivity index (χ3n) is 3.53. The normalized spacial score (nSPS) is 17.2. The number of halogens is 2. The van der Waals surface area contributed by atoms with Crippen LogP contribution in [0.2, 0.25) is 0 Å². The second kappa shape index (κ2) is 11.9. The molecule has 0 aromatic heterocycles. The van der Waals surface area contributed by atoms with Crippen molar-refractivity contribution in [3.63, 3.8) is 0 Å². The van der Waals surface area contributed by atoms with Gasteiger partial charge in [0, 0.05) is 5.54 Å². The molecule has 8 heteroatoms. The summed E-state index contributed by atoms with van der Waals surface area (Å²) in [5.41, 5.74) is 1.17. The van der Waals surface area contributed by atoms with Crippen LogP contribution in [0.1, 0.15) is 38.5 Å². The molecule has 23 heavy (non-hydrogen) atoms. The first-order chi connectivity index (χ1) is 11.1. The maximum atomic E-state index is 11.9. The summed E-state index contributed by atoms with van der Waals surface area (Å²) in [6.45, 7) is 3.98. The second-order valence-electron chi connectivity index (χ2n) is 5.14. The smallest absolute Gasteiger partial charge is 0.337 e. The molecule has 0 aliphatic heterocycles. The fraction of sp³-hybridized carbons (Fsp3) is 0.533. The quantitative estimate of drug-likeness (QED) is 0.149. The number of hydrogen-bond donors (Lipinski definition) is 0. The van der Waals surface area contributed by atoms with Crippen LogP contribution in [0.25, 0.3) is 0 Å². The van der Waals surface area contributed by atoms with Gasteiger partial charge in [0.05, 0.1) is 34.2 Å². The highest BCUT2D eigenvalue weighted by Gasteiger charge is 2.15. The molecule has 0 aromatic carbocycles. The summed E-state index contributed by atoms with van der Waals surface area (Å²) >= 11 is 12.0. The van der Waals surface area contributed by atoms with E-state index in [9.17, 15) is 10.1 Å². The Morgan fingerprint density at radius 2 is 2.04 bits per heavy atom. The summed E-state index contributed by atoms with van der Waals surface area (Å²) in [5, 5.41) is 13.1. The zero-order valence-corrected chi connectivity index (χ0v) is 14.9. The van der Waals surface area contributed by atoms with Gasteiger partial charge in [-0.3, -0.25) is 5.04 Å². The largest absolute Gasteiger partial charge is 0.691 e. The van der Waals surface area contributed by atoms with Crippen LogP contribution < -0.4 is 5.26 Å². The standard InChI is InChI=1S/C15H20Cl2O5S/c1-11(9-13(17)14(10-16)23-22-21-19)15(18)20-8-7-12-5-3-2-4-6-12/h9-10,12,19H,1-8H2/p-1/b13-9+,14-10-. The van der Waals surface area contributed by atoms with E-state index >= 15 is 0 Å². The Kier molecular flexibility index (Phi) is 10.7. The van der Waals surface area contributed by atoms with Crippen LogP contribution in [0.15, 0.2) is 33.7 Å². The predicted molar refractivity (Wildman–Crippen MR) is 88.9 cm³/mol. The number of carbonyl (C=O) groups is 1. The minimum absolute atomic E-state index is 0.0799. The number of ether oxygens (including phenoxy) is 1. The lowest BCUT2D eigenvalue weighted by Gasteiger charge is -2.21. The van der Waals surface area contributed by atoms with Crippen molar-refractivity contribution in [1.29, 1.82) is 0 Å². The fourth-order valence-corrected chi connectivity index (χ4v) is 3.17. The van der Waals surface area contributed by atoms with E-state index in [1.54, 1.807) is 0 Å². The first-order valence-electron chi connectivity index (χ1n) is 7.25. The van der Waals surface area contributed by atoms with Gasteiger partial charge >= 0.3 is 5.97 Å². The highest BCUT2D eigenvalue weighted by atomic mass is 35.5. The lowest BCUT2D eigenvalue weighted by atomic mass is 9.87. The van der Waals surface area contributed by atoms with Crippen LogP contribution in [-0.4, -0.2) is 12.6 Å². The first-order valence-corrected chi connectivity index (χ1v) is 8.81. The highest BCUT2D eigenvalue weighted by molar-refractivity contribution is 7.98. The van der Waals surface area contributed by atoms with Crippen molar-refractivity contribution in [3.8, 4) is 0 Å². The van der Waals surface area contributed by atoms with Crippen LogP contribution in [0.5, 0.6) is 0 Å². The van der Waals surface area contributed by atoms with Crippen molar-refractivity contribution in [1.82, 2.24) is 0 Å². The van der Waals surface area contributed by atoms with Gasteiger partial charge in [-0.1, -0.05) is 61.9 Å². The predicted octanol–water partition coefficient (Wildman–Crippen LogP) is 4.13. The third kappa shape index (κ3) is 8.24. The first kappa shape index (κ1) is 20.5. The molecule has 0 atom stereocenters.